The normalized spacial score (nSPS) is 12.3. The van der Waals surface area contributed by atoms with Gasteiger partial charge in [0.2, 0.25) is 0 Å². The summed E-state index contributed by atoms with van der Waals surface area (Å²) in [5.41, 5.74) is 8.06. The monoisotopic (exact) mass is 257 g/mol. The standard InChI is InChI=1S/C17H20FN/c18-17-8-4-7-16(13-17)15(11-12-19)10-9-14-5-2-1-3-6-14/h1-8,13,15H,9-12,19H2. The van der Waals surface area contributed by atoms with Gasteiger partial charge in [0.15, 0.2) is 0 Å². The maximum absolute atomic E-state index is 13.3. The van der Waals surface area contributed by atoms with Crippen LogP contribution in [-0.4, -0.2) is 6.54 Å². The summed E-state index contributed by atoms with van der Waals surface area (Å²) in [5.74, 6) is 0.167. The van der Waals surface area contributed by atoms with Gasteiger partial charge in [-0.05, 0) is 55.0 Å². The Morgan fingerprint density at radius 2 is 1.74 bits per heavy atom. The Morgan fingerprint density at radius 1 is 0.947 bits per heavy atom. The number of benzene rings is 2. The molecule has 0 bridgehead atoms. The topological polar surface area (TPSA) is 26.0 Å². The van der Waals surface area contributed by atoms with Gasteiger partial charge in [0, 0.05) is 0 Å². The van der Waals surface area contributed by atoms with Crippen LogP contribution in [0.5, 0.6) is 0 Å². The fraction of sp³-hybridized carbons (Fsp3) is 0.294. The molecule has 1 atom stereocenters. The highest BCUT2D eigenvalue weighted by molar-refractivity contribution is 5.22. The van der Waals surface area contributed by atoms with E-state index in [0.717, 1.165) is 24.8 Å². The molecule has 2 aromatic rings. The first kappa shape index (κ1) is 13.8. The molecule has 0 fully saturated rings. The maximum atomic E-state index is 13.3. The largest absolute Gasteiger partial charge is 0.330 e. The Balaban J connectivity index is 2.04. The van der Waals surface area contributed by atoms with E-state index in [1.165, 1.54) is 11.6 Å². The summed E-state index contributed by atoms with van der Waals surface area (Å²) in [4.78, 5) is 0. The van der Waals surface area contributed by atoms with Gasteiger partial charge in [-0.25, -0.2) is 4.39 Å². The lowest BCUT2D eigenvalue weighted by Gasteiger charge is -2.16. The van der Waals surface area contributed by atoms with Crippen LogP contribution < -0.4 is 5.73 Å². The van der Waals surface area contributed by atoms with E-state index in [1.807, 2.05) is 12.1 Å². The van der Waals surface area contributed by atoms with Crippen molar-refractivity contribution in [2.45, 2.75) is 25.2 Å². The minimum absolute atomic E-state index is 0.167. The molecule has 0 radical (unpaired) electrons. The van der Waals surface area contributed by atoms with E-state index in [9.17, 15) is 4.39 Å². The van der Waals surface area contributed by atoms with Crippen molar-refractivity contribution in [2.24, 2.45) is 5.73 Å². The minimum Gasteiger partial charge on any atom is -0.330 e. The molecule has 1 unspecified atom stereocenters. The van der Waals surface area contributed by atoms with E-state index >= 15 is 0 Å². The average Bonchev–Trinajstić information content (AvgIpc) is 2.44. The molecule has 0 aliphatic rings. The van der Waals surface area contributed by atoms with E-state index in [0.29, 0.717) is 12.5 Å². The molecule has 0 amide bonds. The van der Waals surface area contributed by atoms with Crippen molar-refractivity contribution in [2.75, 3.05) is 6.54 Å². The van der Waals surface area contributed by atoms with Crippen molar-refractivity contribution >= 4 is 0 Å². The zero-order valence-corrected chi connectivity index (χ0v) is 11.1. The summed E-state index contributed by atoms with van der Waals surface area (Å²) < 4.78 is 13.3. The highest BCUT2D eigenvalue weighted by atomic mass is 19.1. The fourth-order valence-corrected chi connectivity index (χ4v) is 2.42. The molecule has 1 nitrogen and oxygen atoms in total. The van der Waals surface area contributed by atoms with Crippen LogP contribution in [0, 0.1) is 5.82 Å². The van der Waals surface area contributed by atoms with E-state index in [4.69, 9.17) is 5.73 Å². The van der Waals surface area contributed by atoms with Crippen LogP contribution in [0.25, 0.3) is 0 Å². The quantitative estimate of drug-likeness (QED) is 0.834. The zero-order chi connectivity index (χ0) is 13.5. The molecule has 0 saturated heterocycles. The molecule has 0 heterocycles. The van der Waals surface area contributed by atoms with Crippen LogP contribution in [0.1, 0.15) is 29.9 Å². The van der Waals surface area contributed by atoms with Crippen LogP contribution in [0.15, 0.2) is 54.6 Å². The minimum atomic E-state index is -0.167. The number of rotatable bonds is 6. The van der Waals surface area contributed by atoms with Crippen molar-refractivity contribution in [3.63, 3.8) is 0 Å². The molecule has 0 aliphatic carbocycles. The van der Waals surface area contributed by atoms with Crippen LogP contribution in [0.2, 0.25) is 0 Å². The van der Waals surface area contributed by atoms with Crippen molar-refractivity contribution in [3.05, 3.63) is 71.5 Å². The highest BCUT2D eigenvalue weighted by Gasteiger charge is 2.11. The molecule has 19 heavy (non-hydrogen) atoms. The molecule has 2 N–H and O–H groups in total. The van der Waals surface area contributed by atoms with E-state index < -0.39 is 0 Å². The third kappa shape index (κ3) is 4.18. The molecular weight excluding hydrogens is 237 g/mol. The van der Waals surface area contributed by atoms with Crippen molar-refractivity contribution in [1.82, 2.24) is 0 Å². The first-order valence-corrected chi connectivity index (χ1v) is 6.79. The van der Waals surface area contributed by atoms with Gasteiger partial charge in [-0.1, -0.05) is 42.5 Å². The Morgan fingerprint density at radius 3 is 2.42 bits per heavy atom. The third-order valence-electron chi connectivity index (χ3n) is 3.46. The van der Waals surface area contributed by atoms with E-state index in [-0.39, 0.29) is 5.82 Å². The molecule has 2 heteroatoms. The van der Waals surface area contributed by atoms with Crippen LogP contribution in [-0.2, 0) is 6.42 Å². The van der Waals surface area contributed by atoms with Crippen molar-refractivity contribution < 1.29 is 4.39 Å². The third-order valence-corrected chi connectivity index (χ3v) is 3.46. The van der Waals surface area contributed by atoms with Gasteiger partial charge in [-0.2, -0.15) is 0 Å². The molecule has 100 valence electrons. The first-order valence-electron chi connectivity index (χ1n) is 6.79. The van der Waals surface area contributed by atoms with Gasteiger partial charge in [-0.3, -0.25) is 0 Å². The predicted molar refractivity (Wildman–Crippen MR) is 77.6 cm³/mol. The lowest BCUT2D eigenvalue weighted by molar-refractivity contribution is 0.572. The summed E-state index contributed by atoms with van der Waals surface area (Å²) in [6.45, 7) is 0.635. The molecule has 2 rings (SSSR count). The van der Waals surface area contributed by atoms with Gasteiger partial charge in [-0.15, -0.1) is 0 Å². The molecule has 0 aliphatic heterocycles. The Kier molecular flexibility index (Phi) is 5.10. The number of nitrogens with two attached hydrogens (primary N) is 1. The SMILES string of the molecule is NCCC(CCc1ccccc1)c1cccc(F)c1. The fourth-order valence-electron chi connectivity index (χ4n) is 2.42. The summed E-state index contributed by atoms with van der Waals surface area (Å²) in [5, 5.41) is 0. The number of aryl methyl sites for hydroxylation is 1. The average molecular weight is 257 g/mol. The molecule has 2 aromatic carbocycles. The maximum Gasteiger partial charge on any atom is 0.123 e. The summed E-state index contributed by atoms with van der Waals surface area (Å²) in [6.07, 6.45) is 2.91. The highest BCUT2D eigenvalue weighted by Crippen LogP contribution is 2.25. The number of hydrogen-bond acceptors (Lipinski definition) is 1. The zero-order valence-electron chi connectivity index (χ0n) is 11.1. The van der Waals surface area contributed by atoms with Gasteiger partial charge in [0.25, 0.3) is 0 Å². The van der Waals surface area contributed by atoms with Crippen LogP contribution >= 0.6 is 0 Å². The second-order valence-electron chi connectivity index (χ2n) is 4.85. The second-order valence-corrected chi connectivity index (χ2v) is 4.85. The molecule has 0 saturated carbocycles. The van der Waals surface area contributed by atoms with E-state index in [2.05, 4.69) is 24.3 Å². The lowest BCUT2D eigenvalue weighted by Crippen LogP contribution is -2.09. The molecular formula is C17H20FN. The molecule has 0 aromatic heterocycles. The summed E-state index contributed by atoms with van der Waals surface area (Å²) >= 11 is 0. The number of halogens is 1. The Bertz CT molecular complexity index is 496. The van der Waals surface area contributed by atoms with Crippen LogP contribution in [0.4, 0.5) is 4.39 Å². The Labute approximate surface area is 114 Å². The second kappa shape index (κ2) is 7.05. The predicted octanol–water partition coefficient (Wildman–Crippen LogP) is 3.89. The van der Waals surface area contributed by atoms with Crippen molar-refractivity contribution in [1.29, 1.82) is 0 Å². The smallest absolute Gasteiger partial charge is 0.123 e. The van der Waals surface area contributed by atoms with Gasteiger partial charge in [0.05, 0.1) is 0 Å². The van der Waals surface area contributed by atoms with Gasteiger partial charge < -0.3 is 5.73 Å². The van der Waals surface area contributed by atoms with Crippen molar-refractivity contribution in [3.8, 4) is 0 Å². The van der Waals surface area contributed by atoms with E-state index in [1.54, 1.807) is 12.1 Å². The van der Waals surface area contributed by atoms with Gasteiger partial charge >= 0.3 is 0 Å². The summed E-state index contributed by atoms with van der Waals surface area (Å²) in [7, 11) is 0. The van der Waals surface area contributed by atoms with Gasteiger partial charge in [0.1, 0.15) is 5.82 Å². The number of hydrogen-bond donors (Lipinski definition) is 1. The lowest BCUT2D eigenvalue weighted by atomic mass is 9.89. The molecule has 0 spiro atoms. The van der Waals surface area contributed by atoms with Crippen LogP contribution in [0.3, 0.4) is 0 Å². The first-order chi connectivity index (χ1) is 9.29. The summed E-state index contributed by atoms with van der Waals surface area (Å²) in [6, 6.07) is 17.3. The Hall–Kier alpha value is -1.67.